The molecule has 0 aliphatic carbocycles. The van der Waals surface area contributed by atoms with Crippen LogP contribution < -0.4 is 10.6 Å². The van der Waals surface area contributed by atoms with Crippen molar-refractivity contribution in [3.05, 3.63) is 83.2 Å². The molecule has 25 heavy (non-hydrogen) atoms. The van der Waals surface area contributed by atoms with Crippen molar-refractivity contribution < 1.29 is 4.79 Å². The van der Waals surface area contributed by atoms with E-state index in [0.29, 0.717) is 18.2 Å². The van der Waals surface area contributed by atoms with Gasteiger partial charge in [0.2, 0.25) is 5.95 Å². The Morgan fingerprint density at radius 1 is 0.960 bits per heavy atom. The van der Waals surface area contributed by atoms with E-state index in [9.17, 15) is 4.79 Å². The van der Waals surface area contributed by atoms with Crippen LogP contribution in [0.15, 0.2) is 60.7 Å². The number of carbonyl (C=O) groups is 1. The van der Waals surface area contributed by atoms with Crippen molar-refractivity contribution in [1.82, 2.24) is 15.3 Å². The number of nitrogens with one attached hydrogen (secondary N) is 2. The summed E-state index contributed by atoms with van der Waals surface area (Å²) in [6.45, 7) is 4.31. The number of nitrogens with zero attached hydrogens (tertiary/aromatic N) is 2. The van der Waals surface area contributed by atoms with Gasteiger partial charge in [0, 0.05) is 17.9 Å². The van der Waals surface area contributed by atoms with E-state index < -0.39 is 0 Å². The summed E-state index contributed by atoms with van der Waals surface area (Å²) in [6.07, 6.45) is 0. The van der Waals surface area contributed by atoms with Crippen LogP contribution in [0.4, 0.5) is 11.6 Å². The molecule has 126 valence electrons. The zero-order chi connectivity index (χ0) is 17.6. The molecule has 0 spiro atoms. The van der Waals surface area contributed by atoms with Gasteiger partial charge in [0.1, 0.15) is 5.69 Å². The van der Waals surface area contributed by atoms with Crippen LogP contribution in [0.2, 0.25) is 0 Å². The lowest BCUT2D eigenvalue weighted by Gasteiger charge is -2.10. The Morgan fingerprint density at radius 3 is 2.44 bits per heavy atom. The second-order valence-electron chi connectivity index (χ2n) is 5.83. The van der Waals surface area contributed by atoms with Gasteiger partial charge in [0.15, 0.2) is 0 Å². The van der Waals surface area contributed by atoms with E-state index in [1.54, 1.807) is 6.07 Å². The summed E-state index contributed by atoms with van der Waals surface area (Å²) in [5.41, 5.74) is 4.13. The van der Waals surface area contributed by atoms with Crippen molar-refractivity contribution in [1.29, 1.82) is 0 Å². The molecule has 1 aromatic heterocycles. The van der Waals surface area contributed by atoms with Crippen LogP contribution in [0.1, 0.15) is 27.3 Å². The third-order valence-electron chi connectivity index (χ3n) is 3.77. The van der Waals surface area contributed by atoms with E-state index >= 15 is 0 Å². The number of rotatable bonds is 5. The van der Waals surface area contributed by atoms with Gasteiger partial charge in [-0.25, -0.2) is 9.97 Å². The minimum absolute atomic E-state index is 0.220. The summed E-state index contributed by atoms with van der Waals surface area (Å²) in [7, 11) is 0. The highest BCUT2D eigenvalue weighted by molar-refractivity contribution is 5.92. The van der Waals surface area contributed by atoms with Gasteiger partial charge in [-0.05, 0) is 37.1 Å². The van der Waals surface area contributed by atoms with Crippen LogP contribution in [0, 0.1) is 13.8 Å². The van der Waals surface area contributed by atoms with E-state index in [1.807, 2.05) is 68.4 Å². The van der Waals surface area contributed by atoms with Crippen LogP contribution in [0.25, 0.3) is 0 Å². The number of hydrogen-bond acceptors (Lipinski definition) is 4. The number of anilines is 2. The summed E-state index contributed by atoms with van der Waals surface area (Å²) in [5.74, 6) is 0.196. The van der Waals surface area contributed by atoms with Gasteiger partial charge in [-0.15, -0.1) is 0 Å². The lowest BCUT2D eigenvalue weighted by Crippen LogP contribution is -2.24. The molecule has 3 rings (SSSR count). The second-order valence-corrected chi connectivity index (χ2v) is 5.83. The number of amides is 1. The number of benzene rings is 2. The molecule has 0 aliphatic rings. The molecule has 0 atom stereocenters. The fourth-order valence-electron chi connectivity index (χ4n) is 2.44. The number of carbonyl (C=O) groups excluding carboxylic acids is 1. The quantitative estimate of drug-likeness (QED) is 0.746. The van der Waals surface area contributed by atoms with Crippen molar-refractivity contribution in [2.24, 2.45) is 0 Å². The maximum absolute atomic E-state index is 12.4. The first kappa shape index (κ1) is 16.6. The monoisotopic (exact) mass is 332 g/mol. The first-order valence-electron chi connectivity index (χ1n) is 8.12. The molecule has 3 aromatic rings. The number of hydrogen-bond donors (Lipinski definition) is 2. The normalized spacial score (nSPS) is 10.3. The largest absolute Gasteiger partial charge is 0.347 e. The molecule has 2 aromatic carbocycles. The molecular weight excluding hydrogens is 312 g/mol. The molecule has 0 aliphatic heterocycles. The molecule has 1 amide bonds. The Morgan fingerprint density at radius 2 is 1.68 bits per heavy atom. The molecular formula is C20H20N4O. The summed E-state index contributed by atoms with van der Waals surface area (Å²) >= 11 is 0. The number of aromatic nitrogens is 2. The van der Waals surface area contributed by atoms with Crippen LogP contribution in [0.3, 0.4) is 0 Å². The van der Waals surface area contributed by atoms with Gasteiger partial charge in [-0.2, -0.15) is 0 Å². The van der Waals surface area contributed by atoms with E-state index in [0.717, 1.165) is 22.5 Å². The van der Waals surface area contributed by atoms with E-state index in [2.05, 4.69) is 20.6 Å². The summed E-state index contributed by atoms with van der Waals surface area (Å²) in [6, 6.07) is 19.3. The lowest BCUT2D eigenvalue weighted by atomic mass is 10.2. The summed E-state index contributed by atoms with van der Waals surface area (Å²) in [5, 5.41) is 6.07. The maximum Gasteiger partial charge on any atom is 0.270 e. The molecule has 0 saturated carbocycles. The first-order chi connectivity index (χ1) is 12.1. The minimum atomic E-state index is -0.220. The van der Waals surface area contributed by atoms with Crippen molar-refractivity contribution in [2.45, 2.75) is 20.4 Å². The molecule has 5 nitrogen and oxygen atoms in total. The van der Waals surface area contributed by atoms with Gasteiger partial charge < -0.3 is 10.6 Å². The highest BCUT2D eigenvalue weighted by Gasteiger charge is 2.11. The zero-order valence-electron chi connectivity index (χ0n) is 14.3. The van der Waals surface area contributed by atoms with Crippen LogP contribution in [-0.4, -0.2) is 15.9 Å². The van der Waals surface area contributed by atoms with Gasteiger partial charge in [0.25, 0.3) is 5.91 Å². The van der Waals surface area contributed by atoms with E-state index in [4.69, 9.17) is 0 Å². The summed E-state index contributed by atoms with van der Waals surface area (Å²) in [4.78, 5) is 21.1. The predicted octanol–water partition coefficient (Wildman–Crippen LogP) is 3.77. The number of para-hydroxylation sites is 1. The lowest BCUT2D eigenvalue weighted by molar-refractivity contribution is 0.0945. The van der Waals surface area contributed by atoms with Crippen LogP contribution >= 0.6 is 0 Å². The van der Waals surface area contributed by atoms with Gasteiger partial charge >= 0.3 is 0 Å². The zero-order valence-corrected chi connectivity index (χ0v) is 14.3. The fourth-order valence-corrected chi connectivity index (χ4v) is 2.44. The highest BCUT2D eigenvalue weighted by atomic mass is 16.1. The fraction of sp³-hybridized carbons (Fsp3) is 0.150. The van der Waals surface area contributed by atoms with Crippen LogP contribution in [0.5, 0.6) is 0 Å². The molecule has 0 unspecified atom stereocenters. The van der Waals surface area contributed by atoms with Gasteiger partial charge in [0.05, 0.1) is 0 Å². The first-order valence-corrected chi connectivity index (χ1v) is 8.12. The number of aryl methyl sites for hydroxylation is 2. The molecule has 1 heterocycles. The van der Waals surface area contributed by atoms with Crippen molar-refractivity contribution in [3.8, 4) is 0 Å². The Hall–Kier alpha value is -3.21. The SMILES string of the molecule is Cc1cc(C(=O)NCc2ccccc2)nc(Nc2ccccc2C)n1. The molecule has 0 saturated heterocycles. The molecule has 0 fully saturated rings. The Labute approximate surface area is 147 Å². The summed E-state index contributed by atoms with van der Waals surface area (Å²) < 4.78 is 0. The highest BCUT2D eigenvalue weighted by Crippen LogP contribution is 2.18. The smallest absolute Gasteiger partial charge is 0.270 e. The third kappa shape index (κ3) is 4.41. The van der Waals surface area contributed by atoms with Gasteiger partial charge in [-0.3, -0.25) is 4.79 Å². The van der Waals surface area contributed by atoms with E-state index in [-0.39, 0.29) is 5.91 Å². The third-order valence-corrected chi connectivity index (χ3v) is 3.77. The molecule has 2 N–H and O–H groups in total. The van der Waals surface area contributed by atoms with Gasteiger partial charge in [-0.1, -0.05) is 48.5 Å². The van der Waals surface area contributed by atoms with Crippen molar-refractivity contribution in [3.63, 3.8) is 0 Å². The average molecular weight is 332 g/mol. The minimum Gasteiger partial charge on any atom is -0.347 e. The van der Waals surface area contributed by atoms with Crippen molar-refractivity contribution in [2.75, 3.05) is 5.32 Å². The molecule has 5 heteroatoms. The Kier molecular flexibility index (Phi) is 5.04. The predicted molar refractivity (Wildman–Crippen MR) is 98.8 cm³/mol. The van der Waals surface area contributed by atoms with E-state index in [1.165, 1.54) is 0 Å². The molecule has 0 bridgehead atoms. The second kappa shape index (κ2) is 7.57. The Bertz CT molecular complexity index is 878. The standard InChI is InChI=1S/C20H20N4O/c1-14-8-6-7-11-17(14)23-20-22-15(2)12-18(24-20)19(25)21-13-16-9-4-3-5-10-16/h3-12H,13H2,1-2H3,(H,21,25)(H,22,23,24). The molecule has 0 radical (unpaired) electrons. The van der Waals surface area contributed by atoms with Crippen molar-refractivity contribution >= 4 is 17.5 Å². The Balaban J connectivity index is 1.74. The topological polar surface area (TPSA) is 66.9 Å². The average Bonchev–Trinajstić information content (AvgIpc) is 2.62. The van der Waals surface area contributed by atoms with Crippen LogP contribution in [-0.2, 0) is 6.54 Å². The maximum atomic E-state index is 12.4.